The van der Waals surface area contributed by atoms with Gasteiger partial charge in [-0.3, -0.25) is 4.79 Å². The van der Waals surface area contributed by atoms with Gasteiger partial charge in [0.25, 0.3) is 5.91 Å². The molecule has 3 rings (SSSR count). The van der Waals surface area contributed by atoms with Crippen LogP contribution in [0.15, 0.2) is 24.5 Å². The fourth-order valence-corrected chi connectivity index (χ4v) is 2.81. The van der Waals surface area contributed by atoms with E-state index < -0.39 is 0 Å². The highest BCUT2D eigenvalue weighted by Gasteiger charge is 2.28. The summed E-state index contributed by atoms with van der Waals surface area (Å²) < 4.78 is 5.09. The molecule has 25 heavy (non-hydrogen) atoms. The van der Waals surface area contributed by atoms with E-state index >= 15 is 0 Å². The van der Waals surface area contributed by atoms with Crippen LogP contribution in [0.2, 0.25) is 5.02 Å². The molecule has 9 heteroatoms. The van der Waals surface area contributed by atoms with Gasteiger partial charge >= 0.3 is 0 Å². The second kappa shape index (κ2) is 7.52. The van der Waals surface area contributed by atoms with Crippen molar-refractivity contribution in [1.29, 1.82) is 0 Å². The van der Waals surface area contributed by atoms with E-state index in [0.29, 0.717) is 35.6 Å². The number of methoxy groups -OCH3 is 1. The molecule has 0 unspecified atom stereocenters. The van der Waals surface area contributed by atoms with Crippen molar-refractivity contribution >= 4 is 29.1 Å². The lowest BCUT2D eigenvalue weighted by Gasteiger charge is -2.17. The summed E-state index contributed by atoms with van der Waals surface area (Å²) >= 11 is 5.93. The molecule has 132 valence electrons. The SMILES string of the molecule is CNc1ccc(C(=O)N2CC[C@H](Nc3ncc(Cl)c(OC)n3)C2)nc1. The van der Waals surface area contributed by atoms with Crippen LogP contribution in [0.1, 0.15) is 16.9 Å². The van der Waals surface area contributed by atoms with Crippen LogP contribution in [-0.4, -0.2) is 59.0 Å². The van der Waals surface area contributed by atoms with Crippen molar-refractivity contribution in [2.24, 2.45) is 0 Å². The van der Waals surface area contributed by atoms with E-state index in [1.807, 2.05) is 13.1 Å². The van der Waals surface area contributed by atoms with Crippen molar-refractivity contribution < 1.29 is 9.53 Å². The number of halogens is 1. The third-order valence-electron chi connectivity index (χ3n) is 3.99. The zero-order valence-electron chi connectivity index (χ0n) is 14.0. The number of pyridine rings is 1. The Labute approximate surface area is 150 Å². The maximum atomic E-state index is 12.5. The van der Waals surface area contributed by atoms with Crippen LogP contribution in [0.4, 0.5) is 11.6 Å². The molecule has 0 spiro atoms. The first-order valence-corrected chi connectivity index (χ1v) is 8.24. The van der Waals surface area contributed by atoms with E-state index in [1.54, 1.807) is 17.2 Å². The minimum atomic E-state index is -0.0819. The first kappa shape index (κ1) is 17.2. The Balaban J connectivity index is 1.62. The Morgan fingerprint density at radius 3 is 2.88 bits per heavy atom. The summed E-state index contributed by atoms with van der Waals surface area (Å²) in [5.41, 5.74) is 1.30. The number of aromatic nitrogens is 3. The van der Waals surface area contributed by atoms with Crippen molar-refractivity contribution in [3.8, 4) is 5.88 Å². The van der Waals surface area contributed by atoms with Crippen molar-refractivity contribution in [3.05, 3.63) is 35.2 Å². The van der Waals surface area contributed by atoms with Gasteiger partial charge in [0.2, 0.25) is 11.8 Å². The average Bonchev–Trinajstić information content (AvgIpc) is 3.11. The molecule has 2 aromatic heterocycles. The van der Waals surface area contributed by atoms with Crippen molar-refractivity contribution in [2.75, 3.05) is 37.9 Å². The predicted octanol–water partition coefficient (Wildman–Crippen LogP) is 1.90. The molecule has 0 radical (unpaired) electrons. The number of carbonyl (C=O) groups is 1. The second-order valence-corrected chi connectivity index (χ2v) is 6.02. The Hall–Kier alpha value is -2.61. The van der Waals surface area contributed by atoms with Gasteiger partial charge in [0.05, 0.1) is 25.2 Å². The van der Waals surface area contributed by atoms with E-state index in [9.17, 15) is 4.79 Å². The minimum Gasteiger partial charge on any atom is -0.480 e. The van der Waals surface area contributed by atoms with Crippen LogP contribution in [0.3, 0.4) is 0 Å². The summed E-state index contributed by atoms with van der Waals surface area (Å²) in [4.78, 5) is 26.9. The molecule has 8 nitrogen and oxygen atoms in total. The molecule has 0 saturated carbocycles. The highest BCUT2D eigenvalue weighted by atomic mass is 35.5. The molecule has 1 aliphatic rings. The zero-order chi connectivity index (χ0) is 17.8. The number of nitrogens with zero attached hydrogens (tertiary/aromatic N) is 4. The van der Waals surface area contributed by atoms with Gasteiger partial charge in [0.15, 0.2) is 0 Å². The molecular formula is C16H19ClN6O2. The molecular weight excluding hydrogens is 344 g/mol. The summed E-state index contributed by atoms with van der Waals surface area (Å²) in [6, 6.07) is 3.62. The van der Waals surface area contributed by atoms with Crippen molar-refractivity contribution in [3.63, 3.8) is 0 Å². The highest BCUT2D eigenvalue weighted by molar-refractivity contribution is 6.31. The van der Waals surface area contributed by atoms with Gasteiger partial charge in [-0.2, -0.15) is 4.98 Å². The summed E-state index contributed by atoms with van der Waals surface area (Å²) in [6.07, 6.45) is 3.93. The molecule has 1 aliphatic heterocycles. The van der Waals surface area contributed by atoms with Gasteiger partial charge in [-0.05, 0) is 18.6 Å². The standard InChI is InChI=1S/C16H19ClN6O2/c1-18-10-3-4-13(19-7-10)15(24)23-6-5-11(9-23)21-16-20-8-12(17)14(22-16)25-2/h3-4,7-8,11,18H,5-6,9H2,1-2H3,(H,20,21,22)/t11-/m0/s1. The predicted molar refractivity (Wildman–Crippen MR) is 95.3 cm³/mol. The lowest BCUT2D eigenvalue weighted by Crippen LogP contribution is -2.32. The summed E-state index contributed by atoms with van der Waals surface area (Å²) in [6.45, 7) is 1.21. The van der Waals surface area contributed by atoms with Gasteiger partial charge < -0.3 is 20.3 Å². The molecule has 1 atom stereocenters. The molecule has 1 amide bonds. The van der Waals surface area contributed by atoms with Gasteiger partial charge in [-0.15, -0.1) is 0 Å². The lowest BCUT2D eigenvalue weighted by molar-refractivity contribution is 0.0786. The fourth-order valence-electron chi connectivity index (χ4n) is 2.64. The first-order valence-electron chi connectivity index (χ1n) is 7.87. The molecule has 2 aromatic rings. The fraction of sp³-hybridized carbons (Fsp3) is 0.375. The van der Waals surface area contributed by atoms with E-state index in [4.69, 9.17) is 16.3 Å². The van der Waals surface area contributed by atoms with Crippen LogP contribution >= 0.6 is 11.6 Å². The number of rotatable bonds is 5. The molecule has 0 aliphatic carbocycles. The number of hydrogen-bond donors (Lipinski definition) is 2. The summed E-state index contributed by atoms with van der Waals surface area (Å²) in [5, 5.41) is 6.55. The minimum absolute atomic E-state index is 0.0615. The Morgan fingerprint density at radius 2 is 2.20 bits per heavy atom. The van der Waals surface area contributed by atoms with Gasteiger partial charge in [0.1, 0.15) is 10.7 Å². The van der Waals surface area contributed by atoms with E-state index in [1.165, 1.54) is 13.3 Å². The van der Waals surface area contributed by atoms with Crippen LogP contribution in [-0.2, 0) is 0 Å². The Kier molecular flexibility index (Phi) is 5.18. The third-order valence-corrected chi connectivity index (χ3v) is 4.24. The number of nitrogens with one attached hydrogen (secondary N) is 2. The van der Waals surface area contributed by atoms with E-state index in [-0.39, 0.29) is 11.9 Å². The van der Waals surface area contributed by atoms with Crippen molar-refractivity contribution in [1.82, 2.24) is 19.9 Å². The molecule has 2 N–H and O–H groups in total. The van der Waals surface area contributed by atoms with E-state index in [2.05, 4.69) is 25.6 Å². The molecule has 1 saturated heterocycles. The third kappa shape index (κ3) is 3.90. The maximum Gasteiger partial charge on any atom is 0.272 e. The number of hydrogen-bond acceptors (Lipinski definition) is 7. The summed E-state index contributed by atoms with van der Waals surface area (Å²) in [7, 11) is 3.31. The smallest absolute Gasteiger partial charge is 0.272 e. The number of anilines is 2. The number of ether oxygens (including phenoxy) is 1. The number of likely N-dealkylation sites (tertiary alicyclic amines) is 1. The molecule has 0 aromatic carbocycles. The first-order chi connectivity index (χ1) is 12.1. The van der Waals surface area contributed by atoms with Gasteiger partial charge in [0, 0.05) is 26.2 Å². The highest BCUT2D eigenvalue weighted by Crippen LogP contribution is 2.22. The number of carbonyl (C=O) groups excluding carboxylic acids is 1. The Morgan fingerprint density at radius 1 is 1.36 bits per heavy atom. The topological polar surface area (TPSA) is 92.3 Å². The maximum absolute atomic E-state index is 12.5. The quantitative estimate of drug-likeness (QED) is 0.839. The normalized spacial score (nSPS) is 16.6. The second-order valence-electron chi connectivity index (χ2n) is 5.61. The monoisotopic (exact) mass is 362 g/mol. The summed E-state index contributed by atoms with van der Waals surface area (Å²) in [5.74, 6) is 0.664. The van der Waals surface area contributed by atoms with Crippen LogP contribution < -0.4 is 15.4 Å². The van der Waals surface area contributed by atoms with Crippen LogP contribution in [0.5, 0.6) is 5.88 Å². The number of amides is 1. The molecule has 1 fully saturated rings. The van der Waals surface area contributed by atoms with Crippen LogP contribution in [0.25, 0.3) is 0 Å². The largest absolute Gasteiger partial charge is 0.480 e. The zero-order valence-corrected chi connectivity index (χ0v) is 14.7. The van der Waals surface area contributed by atoms with E-state index in [0.717, 1.165) is 12.1 Å². The van der Waals surface area contributed by atoms with Gasteiger partial charge in [-0.25, -0.2) is 9.97 Å². The average molecular weight is 363 g/mol. The molecule has 0 bridgehead atoms. The van der Waals surface area contributed by atoms with Gasteiger partial charge in [-0.1, -0.05) is 11.6 Å². The van der Waals surface area contributed by atoms with Crippen LogP contribution in [0, 0.1) is 0 Å². The molecule has 3 heterocycles. The Bertz CT molecular complexity index is 755. The lowest BCUT2D eigenvalue weighted by atomic mass is 10.3. The van der Waals surface area contributed by atoms with Crippen molar-refractivity contribution in [2.45, 2.75) is 12.5 Å².